The summed E-state index contributed by atoms with van der Waals surface area (Å²) in [5.74, 6) is 0. The lowest BCUT2D eigenvalue weighted by molar-refractivity contribution is 0.491. The van der Waals surface area contributed by atoms with Crippen LogP contribution >= 0.6 is 15.9 Å². The van der Waals surface area contributed by atoms with Crippen LogP contribution in [0.3, 0.4) is 0 Å². The highest BCUT2D eigenvalue weighted by Gasteiger charge is 2.19. The fourth-order valence-corrected chi connectivity index (χ4v) is 3.01. The van der Waals surface area contributed by atoms with Gasteiger partial charge in [0.15, 0.2) is 0 Å². The molecular weight excluding hydrogens is 238 g/mol. The summed E-state index contributed by atoms with van der Waals surface area (Å²) in [6.45, 7) is 5.50. The Labute approximate surface area is 94.0 Å². The first-order valence-corrected chi connectivity index (χ1v) is 6.04. The second-order valence-electron chi connectivity index (χ2n) is 3.98. The molecule has 1 N–H and O–H groups in total. The molecule has 1 aliphatic rings. The van der Waals surface area contributed by atoms with E-state index in [1.54, 1.807) is 0 Å². The van der Waals surface area contributed by atoms with Gasteiger partial charge in [-0.1, -0.05) is 28.9 Å². The van der Waals surface area contributed by atoms with Gasteiger partial charge >= 0.3 is 0 Å². The van der Waals surface area contributed by atoms with Gasteiger partial charge in [-0.3, -0.25) is 0 Å². The minimum atomic E-state index is 0.551. The zero-order chi connectivity index (χ0) is 10.1. The van der Waals surface area contributed by atoms with Gasteiger partial charge in [-0.2, -0.15) is 0 Å². The maximum absolute atomic E-state index is 3.66. The lowest BCUT2D eigenvalue weighted by Gasteiger charge is -2.27. The highest BCUT2D eigenvalue weighted by Crippen LogP contribution is 2.31. The molecular formula is C12H16BrN. The SMILES string of the molecule is CCC1NCCc2c(Br)cc(C)cc21. The van der Waals surface area contributed by atoms with E-state index >= 15 is 0 Å². The lowest BCUT2D eigenvalue weighted by atomic mass is 9.91. The molecule has 0 aromatic heterocycles. The molecule has 1 aromatic carbocycles. The quantitative estimate of drug-likeness (QED) is 0.810. The van der Waals surface area contributed by atoms with Crippen molar-refractivity contribution in [3.8, 4) is 0 Å². The topological polar surface area (TPSA) is 12.0 Å². The average molecular weight is 254 g/mol. The van der Waals surface area contributed by atoms with Crippen molar-refractivity contribution in [2.45, 2.75) is 32.7 Å². The van der Waals surface area contributed by atoms with Crippen LogP contribution in [0.1, 0.15) is 36.1 Å². The van der Waals surface area contributed by atoms with E-state index < -0.39 is 0 Å². The smallest absolute Gasteiger partial charge is 0.0320 e. The molecule has 0 fully saturated rings. The molecule has 0 radical (unpaired) electrons. The number of aryl methyl sites for hydroxylation is 1. The van der Waals surface area contributed by atoms with E-state index in [4.69, 9.17) is 0 Å². The molecule has 0 saturated carbocycles. The summed E-state index contributed by atoms with van der Waals surface area (Å²) in [4.78, 5) is 0. The summed E-state index contributed by atoms with van der Waals surface area (Å²) in [5.41, 5.74) is 4.34. The summed E-state index contributed by atoms with van der Waals surface area (Å²) >= 11 is 3.66. The third-order valence-electron chi connectivity index (χ3n) is 2.92. The van der Waals surface area contributed by atoms with Crippen LogP contribution in [0.4, 0.5) is 0 Å². The summed E-state index contributed by atoms with van der Waals surface area (Å²) < 4.78 is 1.28. The van der Waals surface area contributed by atoms with Crippen molar-refractivity contribution in [1.82, 2.24) is 5.32 Å². The maximum atomic E-state index is 3.66. The van der Waals surface area contributed by atoms with Gasteiger partial charge in [-0.25, -0.2) is 0 Å². The van der Waals surface area contributed by atoms with Gasteiger partial charge in [-0.15, -0.1) is 0 Å². The lowest BCUT2D eigenvalue weighted by Crippen LogP contribution is -2.29. The molecule has 1 heterocycles. The van der Waals surface area contributed by atoms with E-state index in [1.165, 1.54) is 27.6 Å². The predicted octanol–water partition coefficient (Wildman–Crippen LogP) is 3.35. The first kappa shape index (κ1) is 10.2. The first-order valence-electron chi connectivity index (χ1n) is 5.24. The van der Waals surface area contributed by atoms with Crippen LogP contribution in [-0.2, 0) is 6.42 Å². The van der Waals surface area contributed by atoms with Crippen molar-refractivity contribution in [3.63, 3.8) is 0 Å². The van der Waals surface area contributed by atoms with Crippen molar-refractivity contribution in [2.24, 2.45) is 0 Å². The van der Waals surface area contributed by atoms with Crippen molar-refractivity contribution >= 4 is 15.9 Å². The molecule has 0 amide bonds. The molecule has 1 atom stereocenters. The molecule has 1 nitrogen and oxygen atoms in total. The Bertz CT molecular complexity index is 346. The van der Waals surface area contributed by atoms with Crippen LogP contribution in [0, 0.1) is 6.92 Å². The number of halogens is 1. The molecule has 76 valence electrons. The number of hydrogen-bond acceptors (Lipinski definition) is 1. The normalized spacial score (nSPS) is 20.6. The van der Waals surface area contributed by atoms with E-state index in [0.717, 1.165) is 13.0 Å². The monoisotopic (exact) mass is 253 g/mol. The molecule has 0 spiro atoms. The second-order valence-corrected chi connectivity index (χ2v) is 4.83. The molecule has 2 heteroatoms. The number of hydrogen-bond donors (Lipinski definition) is 1. The zero-order valence-electron chi connectivity index (χ0n) is 8.73. The van der Waals surface area contributed by atoms with Crippen LogP contribution in [0.5, 0.6) is 0 Å². The van der Waals surface area contributed by atoms with Crippen molar-refractivity contribution in [3.05, 3.63) is 33.3 Å². The Balaban J connectivity index is 2.51. The molecule has 0 bridgehead atoms. The molecule has 0 aliphatic carbocycles. The molecule has 0 saturated heterocycles. The van der Waals surface area contributed by atoms with E-state index in [0.29, 0.717) is 6.04 Å². The summed E-state index contributed by atoms with van der Waals surface area (Å²) in [6.07, 6.45) is 2.32. The first-order chi connectivity index (χ1) is 6.72. The van der Waals surface area contributed by atoms with Crippen LogP contribution in [0.2, 0.25) is 0 Å². The van der Waals surface area contributed by atoms with Crippen molar-refractivity contribution in [2.75, 3.05) is 6.54 Å². The van der Waals surface area contributed by atoms with Crippen LogP contribution in [-0.4, -0.2) is 6.54 Å². The number of fused-ring (bicyclic) bond motifs is 1. The maximum Gasteiger partial charge on any atom is 0.0320 e. The third kappa shape index (κ3) is 1.73. The molecule has 1 unspecified atom stereocenters. The van der Waals surface area contributed by atoms with Gasteiger partial charge < -0.3 is 5.32 Å². The van der Waals surface area contributed by atoms with Gasteiger partial charge in [0.25, 0.3) is 0 Å². The van der Waals surface area contributed by atoms with Crippen molar-refractivity contribution in [1.29, 1.82) is 0 Å². The Hall–Kier alpha value is -0.340. The standard InChI is InChI=1S/C12H16BrN/c1-3-12-10-6-8(2)7-11(13)9(10)4-5-14-12/h6-7,12,14H,3-5H2,1-2H3. The van der Waals surface area contributed by atoms with Crippen LogP contribution in [0.25, 0.3) is 0 Å². The predicted molar refractivity (Wildman–Crippen MR) is 63.6 cm³/mol. The van der Waals surface area contributed by atoms with E-state index in [-0.39, 0.29) is 0 Å². The highest BCUT2D eigenvalue weighted by atomic mass is 79.9. The molecule has 1 aromatic rings. The Morgan fingerprint density at radius 2 is 2.29 bits per heavy atom. The number of benzene rings is 1. The van der Waals surface area contributed by atoms with Gasteiger partial charge in [0.1, 0.15) is 0 Å². The van der Waals surface area contributed by atoms with Crippen molar-refractivity contribution < 1.29 is 0 Å². The highest BCUT2D eigenvalue weighted by molar-refractivity contribution is 9.10. The van der Waals surface area contributed by atoms with E-state index in [9.17, 15) is 0 Å². The molecule has 14 heavy (non-hydrogen) atoms. The van der Waals surface area contributed by atoms with Gasteiger partial charge in [0.05, 0.1) is 0 Å². The number of rotatable bonds is 1. The minimum absolute atomic E-state index is 0.551. The fraction of sp³-hybridized carbons (Fsp3) is 0.500. The van der Waals surface area contributed by atoms with Crippen LogP contribution in [0.15, 0.2) is 16.6 Å². The second kappa shape index (κ2) is 4.03. The Kier molecular flexibility index (Phi) is 2.93. The molecule has 1 aliphatic heterocycles. The van der Waals surface area contributed by atoms with Gasteiger partial charge in [0.2, 0.25) is 0 Å². The summed E-state index contributed by atoms with van der Waals surface area (Å²) in [5, 5.41) is 3.56. The van der Waals surface area contributed by atoms with Gasteiger partial charge in [-0.05, 0) is 49.1 Å². The summed E-state index contributed by atoms with van der Waals surface area (Å²) in [6, 6.07) is 5.09. The fourth-order valence-electron chi connectivity index (χ4n) is 2.22. The van der Waals surface area contributed by atoms with Gasteiger partial charge in [0, 0.05) is 10.5 Å². The minimum Gasteiger partial charge on any atom is -0.310 e. The van der Waals surface area contributed by atoms with E-state index in [2.05, 4.69) is 47.2 Å². The molecule has 2 rings (SSSR count). The average Bonchev–Trinajstić information content (AvgIpc) is 2.17. The Morgan fingerprint density at radius 1 is 1.50 bits per heavy atom. The Morgan fingerprint density at radius 3 is 3.00 bits per heavy atom. The van der Waals surface area contributed by atoms with Crippen LogP contribution < -0.4 is 5.32 Å². The summed E-state index contributed by atoms with van der Waals surface area (Å²) in [7, 11) is 0. The number of nitrogens with one attached hydrogen (secondary N) is 1. The third-order valence-corrected chi connectivity index (χ3v) is 3.63. The largest absolute Gasteiger partial charge is 0.310 e. The zero-order valence-corrected chi connectivity index (χ0v) is 10.3. The van der Waals surface area contributed by atoms with E-state index in [1.807, 2.05) is 0 Å².